The third-order valence-corrected chi connectivity index (χ3v) is 5.77. The first kappa shape index (κ1) is 17.7. The van der Waals surface area contributed by atoms with Crippen LogP contribution in [0.3, 0.4) is 0 Å². The summed E-state index contributed by atoms with van der Waals surface area (Å²) < 4.78 is 0. The van der Waals surface area contributed by atoms with Gasteiger partial charge in [0.2, 0.25) is 5.91 Å². The molecule has 136 valence electrons. The number of amides is 1. The predicted molar refractivity (Wildman–Crippen MR) is 91.7 cm³/mol. The first-order chi connectivity index (χ1) is 11.6. The van der Waals surface area contributed by atoms with Crippen LogP contribution in [-0.4, -0.2) is 71.6 Å². The molecular weight excluding hydrogens is 306 g/mol. The van der Waals surface area contributed by atoms with E-state index in [9.17, 15) is 9.59 Å². The van der Waals surface area contributed by atoms with Crippen molar-refractivity contribution in [2.24, 2.45) is 11.8 Å². The smallest absolute Gasteiger partial charge is 0.317 e. The number of hydrogen-bond donors (Lipinski definition) is 2. The molecule has 0 unspecified atom stereocenters. The Labute approximate surface area is 144 Å². The second-order valence-corrected chi connectivity index (χ2v) is 7.73. The number of likely N-dealkylation sites (N-methyl/N-ethyl adjacent to an activating group) is 1. The Bertz CT molecular complexity index is 442. The van der Waals surface area contributed by atoms with Gasteiger partial charge < -0.3 is 10.4 Å². The zero-order chi connectivity index (χ0) is 17.1. The molecule has 0 bridgehead atoms. The van der Waals surface area contributed by atoms with E-state index in [1.54, 1.807) is 0 Å². The summed E-state index contributed by atoms with van der Waals surface area (Å²) in [6, 6.07) is 0.761. The van der Waals surface area contributed by atoms with E-state index in [2.05, 4.69) is 10.2 Å². The highest BCUT2D eigenvalue weighted by atomic mass is 16.4. The lowest BCUT2D eigenvalue weighted by molar-refractivity contribution is -0.139. The second-order valence-electron chi connectivity index (χ2n) is 7.73. The molecule has 1 saturated heterocycles. The topological polar surface area (TPSA) is 72.9 Å². The number of carbonyl (C=O) groups excluding carboxylic acids is 1. The van der Waals surface area contributed by atoms with E-state index in [0.717, 1.165) is 44.3 Å². The summed E-state index contributed by atoms with van der Waals surface area (Å²) >= 11 is 0. The molecule has 2 N–H and O–H groups in total. The number of piperidine rings is 1. The molecule has 0 spiro atoms. The summed E-state index contributed by atoms with van der Waals surface area (Å²) in [5.74, 6) is 0.891. The number of carboxylic acids is 1. The van der Waals surface area contributed by atoms with Crippen LogP contribution in [0.2, 0.25) is 0 Å². The number of likely N-dealkylation sites (tertiary alicyclic amines) is 1. The number of nitrogens with one attached hydrogen (secondary N) is 1. The average Bonchev–Trinajstić information content (AvgIpc) is 3.44. The van der Waals surface area contributed by atoms with Gasteiger partial charge in [-0.3, -0.25) is 19.4 Å². The summed E-state index contributed by atoms with van der Waals surface area (Å²) in [6.45, 7) is 5.15. The van der Waals surface area contributed by atoms with E-state index in [4.69, 9.17) is 5.11 Å². The monoisotopic (exact) mass is 337 g/mol. The van der Waals surface area contributed by atoms with Gasteiger partial charge in [-0.05, 0) is 56.9 Å². The van der Waals surface area contributed by atoms with Gasteiger partial charge in [-0.25, -0.2) is 0 Å². The number of rotatable bonds is 9. The van der Waals surface area contributed by atoms with Crippen molar-refractivity contribution in [1.29, 1.82) is 0 Å². The van der Waals surface area contributed by atoms with Crippen molar-refractivity contribution in [3.8, 4) is 0 Å². The van der Waals surface area contributed by atoms with E-state index in [-0.39, 0.29) is 12.5 Å². The van der Waals surface area contributed by atoms with E-state index in [1.807, 2.05) is 11.8 Å². The Hall–Kier alpha value is -1.14. The Morgan fingerprint density at radius 3 is 2.17 bits per heavy atom. The first-order valence-electron chi connectivity index (χ1n) is 9.54. The van der Waals surface area contributed by atoms with Crippen LogP contribution in [0.4, 0.5) is 0 Å². The SMILES string of the molecule is CCN(CC(=O)O)C1CCN(CC(=O)NC(C2CC2)C2CC2)CC1. The molecule has 3 aliphatic rings. The molecule has 1 amide bonds. The van der Waals surface area contributed by atoms with Gasteiger partial charge in [0, 0.05) is 25.2 Å². The lowest BCUT2D eigenvalue weighted by Gasteiger charge is -2.37. The Morgan fingerprint density at radius 2 is 1.71 bits per heavy atom. The first-order valence-corrected chi connectivity index (χ1v) is 9.54. The summed E-state index contributed by atoms with van der Waals surface area (Å²) in [4.78, 5) is 27.6. The van der Waals surface area contributed by atoms with Crippen molar-refractivity contribution in [1.82, 2.24) is 15.1 Å². The molecule has 0 radical (unpaired) electrons. The van der Waals surface area contributed by atoms with Crippen LogP contribution in [-0.2, 0) is 9.59 Å². The van der Waals surface area contributed by atoms with E-state index >= 15 is 0 Å². The number of hydrogen-bond acceptors (Lipinski definition) is 4. The van der Waals surface area contributed by atoms with Gasteiger partial charge in [0.1, 0.15) is 0 Å². The zero-order valence-electron chi connectivity index (χ0n) is 14.7. The summed E-state index contributed by atoms with van der Waals surface area (Å²) in [5, 5.41) is 12.3. The molecule has 0 aromatic carbocycles. The Morgan fingerprint density at radius 1 is 1.12 bits per heavy atom. The molecule has 1 aliphatic heterocycles. The molecule has 1 heterocycles. The van der Waals surface area contributed by atoms with Crippen LogP contribution in [0.15, 0.2) is 0 Å². The summed E-state index contributed by atoms with van der Waals surface area (Å²) in [5.41, 5.74) is 0. The number of nitrogens with zero attached hydrogens (tertiary/aromatic N) is 2. The second kappa shape index (κ2) is 7.83. The van der Waals surface area contributed by atoms with E-state index in [1.165, 1.54) is 25.7 Å². The summed E-state index contributed by atoms with van der Waals surface area (Å²) in [7, 11) is 0. The van der Waals surface area contributed by atoms with Crippen LogP contribution in [0.5, 0.6) is 0 Å². The summed E-state index contributed by atoms with van der Waals surface area (Å²) in [6.07, 6.45) is 7.02. The molecule has 2 saturated carbocycles. The predicted octanol–water partition coefficient (Wildman–Crippen LogP) is 1.16. The largest absolute Gasteiger partial charge is 0.480 e. The highest BCUT2D eigenvalue weighted by Gasteiger charge is 2.42. The molecular formula is C18H31N3O3. The van der Waals surface area contributed by atoms with Crippen molar-refractivity contribution in [3.05, 3.63) is 0 Å². The van der Waals surface area contributed by atoms with Crippen LogP contribution >= 0.6 is 0 Å². The van der Waals surface area contributed by atoms with Crippen molar-refractivity contribution in [3.63, 3.8) is 0 Å². The minimum Gasteiger partial charge on any atom is -0.480 e. The fourth-order valence-corrected chi connectivity index (χ4v) is 4.08. The van der Waals surface area contributed by atoms with Gasteiger partial charge in [0.25, 0.3) is 0 Å². The van der Waals surface area contributed by atoms with Crippen LogP contribution in [0, 0.1) is 11.8 Å². The highest BCUT2D eigenvalue weighted by molar-refractivity contribution is 5.78. The highest BCUT2D eigenvalue weighted by Crippen LogP contribution is 2.44. The Kier molecular flexibility index (Phi) is 5.76. The van der Waals surface area contributed by atoms with Gasteiger partial charge in [0.05, 0.1) is 13.1 Å². The fourth-order valence-electron chi connectivity index (χ4n) is 4.08. The van der Waals surface area contributed by atoms with Gasteiger partial charge >= 0.3 is 5.97 Å². The molecule has 0 aromatic rings. The minimum atomic E-state index is -0.759. The van der Waals surface area contributed by atoms with Crippen molar-refractivity contribution in [2.45, 2.75) is 57.5 Å². The van der Waals surface area contributed by atoms with Crippen LogP contribution in [0.1, 0.15) is 45.4 Å². The van der Waals surface area contributed by atoms with Gasteiger partial charge in [-0.15, -0.1) is 0 Å². The molecule has 0 aromatic heterocycles. The van der Waals surface area contributed by atoms with Gasteiger partial charge in [-0.2, -0.15) is 0 Å². The van der Waals surface area contributed by atoms with Crippen LogP contribution < -0.4 is 5.32 Å². The standard InChI is InChI=1S/C18H31N3O3/c1-2-21(12-17(23)24)15-7-9-20(10-8-15)11-16(22)19-18(13-3-4-13)14-5-6-14/h13-15,18H,2-12H2,1H3,(H,19,22)(H,23,24). The molecule has 24 heavy (non-hydrogen) atoms. The maximum absolute atomic E-state index is 12.4. The molecule has 3 fully saturated rings. The quantitative estimate of drug-likeness (QED) is 0.661. The van der Waals surface area contributed by atoms with Gasteiger partial charge in [-0.1, -0.05) is 6.92 Å². The zero-order valence-corrected chi connectivity index (χ0v) is 14.7. The fraction of sp³-hybridized carbons (Fsp3) is 0.889. The van der Waals surface area contributed by atoms with Crippen molar-refractivity contribution in [2.75, 3.05) is 32.7 Å². The van der Waals surface area contributed by atoms with Crippen molar-refractivity contribution >= 4 is 11.9 Å². The van der Waals surface area contributed by atoms with E-state index in [0.29, 0.717) is 18.6 Å². The normalized spacial score (nSPS) is 23.0. The lowest BCUT2D eigenvalue weighted by atomic mass is 10.0. The van der Waals surface area contributed by atoms with Gasteiger partial charge in [0.15, 0.2) is 0 Å². The number of carbonyl (C=O) groups is 2. The third-order valence-electron chi connectivity index (χ3n) is 5.77. The number of carboxylic acid groups (broad SMARTS) is 1. The lowest BCUT2D eigenvalue weighted by Crippen LogP contribution is -2.50. The molecule has 6 nitrogen and oxygen atoms in total. The molecule has 2 aliphatic carbocycles. The molecule has 0 atom stereocenters. The maximum Gasteiger partial charge on any atom is 0.317 e. The average molecular weight is 337 g/mol. The van der Waals surface area contributed by atoms with E-state index < -0.39 is 5.97 Å². The van der Waals surface area contributed by atoms with Crippen molar-refractivity contribution < 1.29 is 14.7 Å². The maximum atomic E-state index is 12.4. The number of aliphatic carboxylic acids is 1. The minimum absolute atomic E-state index is 0.117. The van der Waals surface area contributed by atoms with Crippen LogP contribution in [0.25, 0.3) is 0 Å². The molecule has 3 rings (SSSR count). The molecule has 6 heteroatoms. The Balaban J connectivity index is 1.39. The third kappa shape index (κ3) is 4.93.